The molecule has 4 heteroatoms. The molecule has 18 heavy (non-hydrogen) atoms. The van der Waals surface area contributed by atoms with Crippen LogP contribution < -0.4 is 0 Å². The highest BCUT2D eigenvalue weighted by atomic mass is 32.2. The molecule has 0 aliphatic heterocycles. The molecule has 2 heterocycles. The summed E-state index contributed by atoms with van der Waals surface area (Å²) >= 11 is 3.77. The third-order valence-electron chi connectivity index (χ3n) is 3.50. The average Bonchev–Trinajstić information content (AvgIpc) is 2.73. The van der Waals surface area contributed by atoms with Crippen LogP contribution in [0.15, 0.2) is 11.4 Å². The molecule has 0 amide bonds. The van der Waals surface area contributed by atoms with E-state index in [1.165, 1.54) is 40.9 Å². The molecular weight excluding hydrogens is 260 g/mol. The smallest absolute Gasteiger partial charge is 0.128 e. The van der Waals surface area contributed by atoms with Crippen LogP contribution in [0.25, 0.3) is 10.2 Å². The first-order valence-electron chi connectivity index (χ1n) is 6.67. The van der Waals surface area contributed by atoms with Gasteiger partial charge in [-0.25, -0.2) is 9.97 Å². The molecule has 3 rings (SSSR count). The van der Waals surface area contributed by atoms with Crippen molar-refractivity contribution >= 4 is 33.3 Å². The molecule has 2 aromatic heterocycles. The molecule has 1 aliphatic rings. The molecule has 0 spiro atoms. The molecule has 1 atom stereocenters. The highest BCUT2D eigenvalue weighted by molar-refractivity contribution is 7.99. The topological polar surface area (TPSA) is 25.8 Å². The third kappa shape index (κ3) is 2.16. The molecule has 96 valence electrons. The van der Waals surface area contributed by atoms with Crippen molar-refractivity contribution in [2.24, 2.45) is 5.92 Å². The lowest BCUT2D eigenvalue weighted by molar-refractivity contribution is 0.509. The van der Waals surface area contributed by atoms with Gasteiger partial charge >= 0.3 is 0 Å². The molecule has 0 fully saturated rings. The molecule has 1 unspecified atom stereocenters. The normalized spacial score (nSPS) is 19.1. The van der Waals surface area contributed by atoms with E-state index in [0.29, 0.717) is 0 Å². The van der Waals surface area contributed by atoms with Crippen molar-refractivity contribution in [1.82, 2.24) is 9.97 Å². The fourth-order valence-electron chi connectivity index (χ4n) is 2.55. The van der Waals surface area contributed by atoms with E-state index in [0.717, 1.165) is 11.7 Å². The van der Waals surface area contributed by atoms with Gasteiger partial charge in [0.2, 0.25) is 0 Å². The summed E-state index contributed by atoms with van der Waals surface area (Å²) in [4.78, 5) is 11.7. The summed E-state index contributed by atoms with van der Waals surface area (Å²) < 4.78 is 0. The number of hydrogen-bond donors (Lipinski definition) is 0. The predicted molar refractivity (Wildman–Crippen MR) is 79.6 cm³/mol. The second-order valence-electron chi connectivity index (χ2n) is 5.06. The van der Waals surface area contributed by atoms with E-state index in [1.54, 1.807) is 16.8 Å². The number of thiophene rings is 1. The SMILES string of the molecule is CCCSc1ncnc2sc3c(c12)CCC(C)C3. The molecule has 2 aromatic rings. The lowest BCUT2D eigenvalue weighted by Crippen LogP contribution is -2.08. The van der Waals surface area contributed by atoms with Crippen LogP contribution in [-0.2, 0) is 12.8 Å². The second kappa shape index (κ2) is 5.17. The lowest BCUT2D eigenvalue weighted by atomic mass is 9.89. The standard InChI is InChI=1S/C14H18N2S2/c1-3-6-17-13-12-10-5-4-9(2)7-11(10)18-14(12)16-8-15-13/h8-9H,3-7H2,1-2H3. The van der Waals surface area contributed by atoms with Gasteiger partial charge in [0.15, 0.2) is 0 Å². The number of nitrogens with zero attached hydrogens (tertiary/aromatic N) is 2. The minimum absolute atomic E-state index is 0.824. The quantitative estimate of drug-likeness (QED) is 0.618. The summed E-state index contributed by atoms with van der Waals surface area (Å²) in [5, 5.41) is 2.57. The number of aryl methyl sites for hydroxylation is 1. The Bertz CT molecular complexity index is 562. The summed E-state index contributed by atoms with van der Waals surface area (Å²) in [6.45, 7) is 4.57. The maximum Gasteiger partial charge on any atom is 0.128 e. The Morgan fingerprint density at radius 2 is 2.33 bits per heavy atom. The summed E-state index contributed by atoms with van der Waals surface area (Å²) in [6, 6.07) is 0. The van der Waals surface area contributed by atoms with Crippen molar-refractivity contribution in [1.29, 1.82) is 0 Å². The first-order valence-corrected chi connectivity index (χ1v) is 8.47. The zero-order valence-corrected chi connectivity index (χ0v) is 12.5. The summed E-state index contributed by atoms with van der Waals surface area (Å²) in [7, 11) is 0. The van der Waals surface area contributed by atoms with Crippen LogP contribution in [0.1, 0.15) is 37.1 Å². The Morgan fingerprint density at radius 3 is 3.17 bits per heavy atom. The van der Waals surface area contributed by atoms with E-state index in [9.17, 15) is 0 Å². The van der Waals surface area contributed by atoms with Crippen LogP contribution in [0.2, 0.25) is 0 Å². The number of aromatic nitrogens is 2. The van der Waals surface area contributed by atoms with Crippen molar-refractivity contribution in [3.05, 3.63) is 16.8 Å². The van der Waals surface area contributed by atoms with Crippen molar-refractivity contribution in [2.75, 3.05) is 5.75 Å². The van der Waals surface area contributed by atoms with Gasteiger partial charge in [-0.3, -0.25) is 0 Å². The van der Waals surface area contributed by atoms with Gasteiger partial charge in [-0.2, -0.15) is 0 Å². The van der Waals surface area contributed by atoms with Crippen LogP contribution in [0.4, 0.5) is 0 Å². The second-order valence-corrected chi connectivity index (χ2v) is 7.23. The van der Waals surface area contributed by atoms with Gasteiger partial charge in [-0.05, 0) is 42.9 Å². The molecule has 0 N–H and O–H groups in total. The zero-order chi connectivity index (χ0) is 12.5. The molecule has 0 saturated heterocycles. The van der Waals surface area contributed by atoms with E-state index in [-0.39, 0.29) is 0 Å². The average molecular weight is 278 g/mol. The Hall–Kier alpha value is -0.610. The van der Waals surface area contributed by atoms with E-state index in [1.807, 2.05) is 23.1 Å². The van der Waals surface area contributed by atoms with Crippen molar-refractivity contribution in [3.63, 3.8) is 0 Å². The zero-order valence-electron chi connectivity index (χ0n) is 10.9. The van der Waals surface area contributed by atoms with E-state index in [2.05, 4.69) is 23.8 Å². The number of fused-ring (bicyclic) bond motifs is 3. The van der Waals surface area contributed by atoms with Gasteiger partial charge in [0.1, 0.15) is 16.2 Å². The minimum Gasteiger partial charge on any atom is -0.229 e. The van der Waals surface area contributed by atoms with E-state index < -0.39 is 0 Å². The summed E-state index contributed by atoms with van der Waals surface area (Å²) in [5.41, 5.74) is 1.55. The molecule has 1 aliphatic carbocycles. The molecule has 0 aromatic carbocycles. The van der Waals surface area contributed by atoms with Gasteiger partial charge in [-0.1, -0.05) is 13.8 Å². The Kier molecular flexibility index (Phi) is 3.57. The van der Waals surface area contributed by atoms with Crippen LogP contribution in [-0.4, -0.2) is 15.7 Å². The molecule has 2 nitrogen and oxygen atoms in total. The highest BCUT2D eigenvalue weighted by Gasteiger charge is 2.22. The van der Waals surface area contributed by atoms with Crippen molar-refractivity contribution in [2.45, 2.75) is 44.6 Å². The maximum absolute atomic E-state index is 4.50. The van der Waals surface area contributed by atoms with Crippen LogP contribution in [0.3, 0.4) is 0 Å². The molecule has 0 saturated carbocycles. The summed E-state index contributed by atoms with van der Waals surface area (Å²) in [6.07, 6.45) is 6.68. The van der Waals surface area contributed by atoms with Crippen LogP contribution in [0.5, 0.6) is 0 Å². The van der Waals surface area contributed by atoms with Crippen molar-refractivity contribution in [3.8, 4) is 0 Å². The minimum atomic E-state index is 0.824. The summed E-state index contributed by atoms with van der Waals surface area (Å²) in [5.74, 6) is 1.97. The predicted octanol–water partition coefficient (Wildman–Crippen LogP) is 4.32. The van der Waals surface area contributed by atoms with E-state index in [4.69, 9.17) is 0 Å². The third-order valence-corrected chi connectivity index (χ3v) is 5.86. The first kappa shape index (κ1) is 12.4. The van der Waals surface area contributed by atoms with E-state index >= 15 is 0 Å². The molecule has 0 bridgehead atoms. The van der Waals surface area contributed by atoms with Gasteiger partial charge in [0, 0.05) is 10.3 Å². The van der Waals surface area contributed by atoms with Crippen LogP contribution >= 0.6 is 23.1 Å². The monoisotopic (exact) mass is 278 g/mol. The van der Waals surface area contributed by atoms with Crippen LogP contribution in [0, 0.1) is 5.92 Å². The molecule has 0 radical (unpaired) electrons. The van der Waals surface area contributed by atoms with Gasteiger partial charge in [0.05, 0.1) is 0 Å². The fourth-order valence-corrected chi connectivity index (χ4v) is 4.85. The highest BCUT2D eigenvalue weighted by Crippen LogP contribution is 2.40. The van der Waals surface area contributed by atoms with Gasteiger partial charge in [0.25, 0.3) is 0 Å². The Morgan fingerprint density at radius 1 is 1.44 bits per heavy atom. The largest absolute Gasteiger partial charge is 0.229 e. The molecular formula is C14H18N2S2. The fraction of sp³-hybridized carbons (Fsp3) is 0.571. The lowest BCUT2D eigenvalue weighted by Gasteiger charge is -2.18. The number of thioether (sulfide) groups is 1. The maximum atomic E-state index is 4.50. The van der Waals surface area contributed by atoms with Crippen molar-refractivity contribution < 1.29 is 0 Å². The Labute approximate surface area is 116 Å². The number of rotatable bonds is 3. The first-order chi connectivity index (χ1) is 8.79. The van der Waals surface area contributed by atoms with Gasteiger partial charge < -0.3 is 0 Å². The number of hydrogen-bond acceptors (Lipinski definition) is 4. The Balaban J connectivity index is 2.09. The van der Waals surface area contributed by atoms with Gasteiger partial charge in [-0.15, -0.1) is 23.1 Å².